The molecule has 0 bridgehead atoms. The van der Waals surface area contributed by atoms with E-state index in [1.807, 2.05) is 32.9 Å². The third-order valence-electron chi connectivity index (χ3n) is 6.64. The highest BCUT2D eigenvalue weighted by Gasteiger charge is 2.35. The molecule has 3 aromatic carbocycles. The average molecular weight is 604 g/mol. The number of alkyl halides is 3. The van der Waals surface area contributed by atoms with E-state index in [0.717, 1.165) is 23.3 Å². The molecule has 0 aromatic heterocycles. The predicted octanol–water partition coefficient (Wildman–Crippen LogP) is 5.71. The predicted molar refractivity (Wildman–Crippen MR) is 156 cm³/mol. The van der Waals surface area contributed by atoms with Crippen LogP contribution >= 0.6 is 0 Å². The number of anilines is 1. The van der Waals surface area contributed by atoms with Gasteiger partial charge in [-0.2, -0.15) is 13.2 Å². The number of sulfonamides is 1. The fourth-order valence-corrected chi connectivity index (χ4v) is 5.65. The lowest BCUT2D eigenvalue weighted by Gasteiger charge is -2.32. The minimum absolute atomic E-state index is 0.0161. The van der Waals surface area contributed by atoms with Gasteiger partial charge in [-0.25, -0.2) is 8.42 Å². The summed E-state index contributed by atoms with van der Waals surface area (Å²) in [5.74, 6) is -1.04. The molecular weight excluding hydrogens is 567 g/mol. The molecule has 0 aliphatic rings. The van der Waals surface area contributed by atoms with Gasteiger partial charge in [-0.05, 0) is 62.6 Å². The molecule has 42 heavy (non-hydrogen) atoms. The van der Waals surface area contributed by atoms with Crippen LogP contribution in [0.2, 0.25) is 0 Å². The summed E-state index contributed by atoms with van der Waals surface area (Å²) in [4.78, 5) is 28.0. The summed E-state index contributed by atoms with van der Waals surface area (Å²) >= 11 is 0. The maximum atomic E-state index is 13.9. The second-order valence-electron chi connectivity index (χ2n) is 10.7. The normalized spacial score (nSPS) is 12.6. The van der Waals surface area contributed by atoms with Crippen LogP contribution in [0.5, 0.6) is 0 Å². The molecule has 0 unspecified atom stereocenters. The molecule has 0 fully saturated rings. The quantitative estimate of drug-likeness (QED) is 0.304. The van der Waals surface area contributed by atoms with Crippen molar-refractivity contribution < 1.29 is 31.2 Å². The fraction of sp³-hybridized carbons (Fsp3) is 0.355. The highest BCUT2D eigenvalue weighted by molar-refractivity contribution is 7.92. The zero-order valence-corrected chi connectivity index (χ0v) is 25.1. The number of rotatable bonds is 11. The van der Waals surface area contributed by atoms with Crippen LogP contribution in [0.15, 0.2) is 77.7 Å². The SMILES string of the molecule is Cc1ccc(S(=O)(=O)N(CC(=O)N(Cc2cccc(C)c2)[C@H](C)C(=O)NCC(C)C)c2cccc(C(F)(F)F)c2)cc1. The number of benzene rings is 3. The molecule has 0 aliphatic carbocycles. The molecule has 1 atom stereocenters. The van der Waals surface area contributed by atoms with Crippen LogP contribution in [0.4, 0.5) is 18.9 Å². The summed E-state index contributed by atoms with van der Waals surface area (Å²) in [7, 11) is -4.49. The zero-order chi connectivity index (χ0) is 31.2. The third kappa shape index (κ3) is 8.34. The van der Waals surface area contributed by atoms with Crippen molar-refractivity contribution in [3.8, 4) is 0 Å². The third-order valence-corrected chi connectivity index (χ3v) is 8.42. The van der Waals surface area contributed by atoms with E-state index in [-0.39, 0.29) is 23.0 Å². The molecule has 0 heterocycles. The number of amides is 2. The molecule has 0 aliphatic heterocycles. The Hall–Kier alpha value is -3.86. The summed E-state index contributed by atoms with van der Waals surface area (Å²) in [5, 5.41) is 2.80. The first kappa shape index (κ1) is 32.7. The lowest BCUT2D eigenvalue weighted by Crippen LogP contribution is -2.51. The van der Waals surface area contributed by atoms with Gasteiger partial charge in [0.25, 0.3) is 10.0 Å². The van der Waals surface area contributed by atoms with E-state index in [0.29, 0.717) is 22.5 Å². The molecule has 226 valence electrons. The summed E-state index contributed by atoms with van der Waals surface area (Å²) in [5.41, 5.74) is 1.02. The number of halogens is 3. The molecule has 3 aromatic rings. The van der Waals surface area contributed by atoms with Gasteiger partial charge in [0.1, 0.15) is 12.6 Å². The van der Waals surface area contributed by atoms with Crippen LogP contribution in [-0.2, 0) is 32.3 Å². The Morgan fingerprint density at radius 3 is 2.12 bits per heavy atom. The minimum Gasteiger partial charge on any atom is -0.354 e. The molecule has 0 spiro atoms. The monoisotopic (exact) mass is 603 g/mol. The van der Waals surface area contributed by atoms with E-state index in [1.54, 1.807) is 31.2 Å². The van der Waals surface area contributed by atoms with Crippen LogP contribution in [0, 0.1) is 19.8 Å². The smallest absolute Gasteiger partial charge is 0.354 e. The Bertz CT molecular complexity index is 1510. The van der Waals surface area contributed by atoms with Crippen molar-refractivity contribution in [2.24, 2.45) is 5.92 Å². The van der Waals surface area contributed by atoms with Crippen molar-refractivity contribution in [1.82, 2.24) is 10.2 Å². The van der Waals surface area contributed by atoms with E-state index in [1.165, 1.54) is 30.0 Å². The Balaban J connectivity index is 2.08. The number of nitrogens with zero attached hydrogens (tertiary/aromatic N) is 2. The molecule has 1 N–H and O–H groups in total. The van der Waals surface area contributed by atoms with Gasteiger partial charge in [0, 0.05) is 13.1 Å². The Labute approximate surface area is 245 Å². The first-order chi connectivity index (χ1) is 19.6. The lowest BCUT2D eigenvalue weighted by molar-refractivity contribution is -0.139. The highest BCUT2D eigenvalue weighted by Crippen LogP contribution is 2.33. The van der Waals surface area contributed by atoms with Crippen molar-refractivity contribution in [3.63, 3.8) is 0 Å². The highest BCUT2D eigenvalue weighted by atomic mass is 32.2. The van der Waals surface area contributed by atoms with E-state index in [9.17, 15) is 31.2 Å². The first-order valence-corrected chi connectivity index (χ1v) is 14.9. The average Bonchev–Trinajstić information content (AvgIpc) is 2.92. The van der Waals surface area contributed by atoms with Gasteiger partial charge < -0.3 is 10.2 Å². The van der Waals surface area contributed by atoms with Crippen molar-refractivity contribution in [3.05, 3.63) is 95.1 Å². The van der Waals surface area contributed by atoms with Crippen molar-refractivity contribution in [2.75, 3.05) is 17.4 Å². The minimum atomic E-state index is -4.74. The largest absolute Gasteiger partial charge is 0.416 e. The Kier molecular flexibility index (Phi) is 10.4. The summed E-state index contributed by atoms with van der Waals surface area (Å²) in [6.45, 7) is 8.54. The lowest BCUT2D eigenvalue weighted by atomic mass is 10.1. The number of carbonyl (C=O) groups excluding carboxylic acids is 2. The number of aryl methyl sites for hydroxylation is 2. The van der Waals surface area contributed by atoms with Crippen LogP contribution in [0.25, 0.3) is 0 Å². The number of hydrogen-bond acceptors (Lipinski definition) is 4. The molecule has 0 saturated carbocycles. The Morgan fingerprint density at radius 1 is 0.881 bits per heavy atom. The van der Waals surface area contributed by atoms with E-state index >= 15 is 0 Å². The summed E-state index contributed by atoms with van der Waals surface area (Å²) < 4.78 is 69.1. The van der Waals surface area contributed by atoms with Crippen LogP contribution in [-0.4, -0.2) is 44.3 Å². The van der Waals surface area contributed by atoms with Crippen LogP contribution in [0.1, 0.15) is 43.0 Å². The number of hydrogen-bond donors (Lipinski definition) is 1. The van der Waals surface area contributed by atoms with Crippen LogP contribution in [0.3, 0.4) is 0 Å². The maximum absolute atomic E-state index is 13.9. The van der Waals surface area contributed by atoms with Gasteiger partial charge in [-0.3, -0.25) is 13.9 Å². The van der Waals surface area contributed by atoms with Gasteiger partial charge in [0.05, 0.1) is 16.1 Å². The van der Waals surface area contributed by atoms with E-state index < -0.39 is 46.2 Å². The summed E-state index contributed by atoms with van der Waals surface area (Å²) in [6, 6.07) is 15.9. The zero-order valence-electron chi connectivity index (χ0n) is 24.3. The first-order valence-electron chi connectivity index (χ1n) is 13.5. The number of carbonyl (C=O) groups is 2. The van der Waals surface area contributed by atoms with Crippen molar-refractivity contribution in [2.45, 2.75) is 58.3 Å². The summed E-state index contributed by atoms with van der Waals surface area (Å²) in [6.07, 6.45) is -4.74. The molecule has 0 radical (unpaired) electrons. The molecular formula is C31H36F3N3O4S. The van der Waals surface area contributed by atoms with Crippen molar-refractivity contribution in [1.29, 1.82) is 0 Å². The van der Waals surface area contributed by atoms with Crippen LogP contribution < -0.4 is 9.62 Å². The van der Waals surface area contributed by atoms with Gasteiger partial charge in [-0.1, -0.05) is 67.4 Å². The second-order valence-corrected chi connectivity index (χ2v) is 12.6. The van der Waals surface area contributed by atoms with Gasteiger partial charge in [0.2, 0.25) is 11.8 Å². The molecule has 7 nitrogen and oxygen atoms in total. The standard InChI is InChI=1S/C31H36F3N3O4S/c1-21(2)18-35-30(39)24(5)36(19-25-9-6-8-23(4)16-25)29(38)20-37(27-11-7-10-26(17-27)31(32,33)34)42(40,41)28-14-12-22(3)13-15-28/h6-17,21,24H,18-20H2,1-5H3,(H,35,39)/t24-/m1/s1. The van der Waals surface area contributed by atoms with Crippen molar-refractivity contribution >= 4 is 27.5 Å². The topological polar surface area (TPSA) is 86.8 Å². The molecule has 2 amide bonds. The molecule has 3 rings (SSSR count). The fourth-order valence-electron chi connectivity index (χ4n) is 4.25. The van der Waals surface area contributed by atoms with Gasteiger partial charge in [0.15, 0.2) is 0 Å². The van der Waals surface area contributed by atoms with Gasteiger partial charge in [-0.15, -0.1) is 0 Å². The van der Waals surface area contributed by atoms with E-state index in [2.05, 4.69) is 5.32 Å². The maximum Gasteiger partial charge on any atom is 0.416 e. The van der Waals surface area contributed by atoms with E-state index in [4.69, 9.17) is 0 Å². The molecule has 11 heteroatoms. The second kappa shape index (κ2) is 13.4. The number of nitrogens with one attached hydrogen (secondary N) is 1. The Morgan fingerprint density at radius 2 is 1.52 bits per heavy atom. The molecule has 0 saturated heterocycles. The van der Waals surface area contributed by atoms with Gasteiger partial charge >= 0.3 is 6.18 Å².